The fourth-order valence-electron chi connectivity index (χ4n) is 11.4. The minimum absolute atomic E-state index is 0.0169. The first-order valence-electron chi connectivity index (χ1n) is 35.4. The highest BCUT2D eigenvalue weighted by Crippen LogP contribution is 2.19. The number of unbranched alkanes of at least 4 members (excludes halogenated alkanes) is 54. The first-order chi connectivity index (χ1) is 38.0. The summed E-state index contributed by atoms with van der Waals surface area (Å²) in [5, 5.41) is 23.4. The monoisotopic (exact) mass is 1090 g/mol. The van der Waals surface area contributed by atoms with Gasteiger partial charge >= 0.3 is 5.97 Å². The molecule has 0 aliphatic heterocycles. The molecule has 6 nitrogen and oxygen atoms in total. The number of carbonyl (C=O) groups is 2. The van der Waals surface area contributed by atoms with Crippen molar-refractivity contribution in [1.29, 1.82) is 0 Å². The number of aliphatic hydroxyl groups is 2. The summed E-state index contributed by atoms with van der Waals surface area (Å²) >= 11 is 0. The van der Waals surface area contributed by atoms with Gasteiger partial charge in [0, 0.05) is 12.8 Å². The second-order valence-electron chi connectivity index (χ2n) is 24.6. The predicted octanol–water partition coefficient (Wildman–Crippen LogP) is 22.8. The van der Waals surface area contributed by atoms with Crippen LogP contribution in [0.2, 0.25) is 0 Å². The van der Waals surface area contributed by atoms with Crippen molar-refractivity contribution in [2.45, 2.75) is 418 Å². The number of carbonyl (C=O) groups excluding carboxylic acids is 2. The van der Waals surface area contributed by atoms with Crippen LogP contribution in [0.15, 0.2) is 12.2 Å². The third-order valence-electron chi connectivity index (χ3n) is 16.8. The van der Waals surface area contributed by atoms with E-state index in [4.69, 9.17) is 4.74 Å². The fourth-order valence-corrected chi connectivity index (χ4v) is 11.4. The smallest absolute Gasteiger partial charge is 0.305 e. The normalized spacial score (nSPS) is 12.5. The van der Waals surface area contributed by atoms with Gasteiger partial charge in [-0.2, -0.15) is 0 Å². The van der Waals surface area contributed by atoms with Crippen LogP contribution >= 0.6 is 0 Å². The van der Waals surface area contributed by atoms with Crippen LogP contribution in [-0.4, -0.2) is 47.4 Å². The molecule has 0 aromatic rings. The molecule has 77 heavy (non-hydrogen) atoms. The maximum atomic E-state index is 12.5. The molecule has 2 unspecified atom stereocenters. The average Bonchev–Trinajstić information content (AvgIpc) is 3.43. The number of amides is 1. The zero-order valence-corrected chi connectivity index (χ0v) is 52.5. The van der Waals surface area contributed by atoms with Crippen LogP contribution in [0, 0.1) is 0 Å². The molecule has 0 bridgehead atoms. The molecule has 2 atom stereocenters. The van der Waals surface area contributed by atoms with Gasteiger partial charge in [0.25, 0.3) is 0 Å². The summed E-state index contributed by atoms with van der Waals surface area (Å²) < 4.78 is 5.49. The predicted molar refractivity (Wildman–Crippen MR) is 338 cm³/mol. The van der Waals surface area contributed by atoms with E-state index < -0.39 is 12.1 Å². The van der Waals surface area contributed by atoms with Crippen LogP contribution in [-0.2, 0) is 14.3 Å². The summed E-state index contributed by atoms with van der Waals surface area (Å²) in [5.74, 6) is -0.0163. The van der Waals surface area contributed by atoms with Crippen molar-refractivity contribution in [1.82, 2.24) is 5.32 Å². The number of hydrogen-bond acceptors (Lipinski definition) is 5. The molecule has 0 saturated carbocycles. The van der Waals surface area contributed by atoms with Crippen molar-refractivity contribution in [3.63, 3.8) is 0 Å². The van der Waals surface area contributed by atoms with Crippen molar-refractivity contribution in [2.24, 2.45) is 0 Å². The Bertz CT molecular complexity index is 1160. The number of esters is 1. The van der Waals surface area contributed by atoms with Crippen LogP contribution in [0.4, 0.5) is 0 Å². The standard InChI is InChI=1S/C71H139NO5/c1-3-5-7-9-11-13-15-17-19-20-21-27-30-33-36-39-43-47-51-55-59-63-69(74)68(67-73)72-70(75)64-60-56-52-48-44-40-37-34-31-28-25-23-22-24-26-29-32-35-38-42-46-50-54-58-62-66-77-71(76)65-61-57-53-49-45-41-18-16-14-12-10-8-6-4-2/h23,25,68-69,73-74H,3-22,24,26-67H2,1-2H3,(H,72,75)/b25-23-. The molecule has 0 saturated heterocycles. The molecule has 0 rings (SSSR count). The van der Waals surface area contributed by atoms with Crippen molar-refractivity contribution in [2.75, 3.05) is 13.2 Å². The van der Waals surface area contributed by atoms with E-state index in [1.807, 2.05) is 0 Å². The average molecular weight is 1090 g/mol. The highest BCUT2D eigenvalue weighted by atomic mass is 16.5. The lowest BCUT2D eigenvalue weighted by Crippen LogP contribution is -2.45. The molecule has 0 radical (unpaired) electrons. The Kier molecular flexibility index (Phi) is 65.9. The minimum atomic E-state index is -0.667. The summed E-state index contributed by atoms with van der Waals surface area (Å²) in [6.07, 6.45) is 82.6. The highest BCUT2D eigenvalue weighted by molar-refractivity contribution is 5.76. The summed E-state index contributed by atoms with van der Waals surface area (Å²) in [5.41, 5.74) is 0. The Hall–Kier alpha value is -1.40. The maximum Gasteiger partial charge on any atom is 0.305 e. The quantitative estimate of drug-likeness (QED) is 0.0320. The zero-order valence-electron chi connectivity index (χ0n) is 52.5. The molecule has 6 heteroatoms. The molecule has 1 amide bonds. The maximum absolute atomic E-state index is 12.5. The van der Waals surface area contributed by atoms with E-state index >= 15 is 0 Å². The van der Waals surface area contributed by atoms with Crippen LogP contribution in [0.25, 0.3) is 0 Å². The lowest BCUT2D eigenvalue weighted by atomic mass is 10.0. The lowest BCUT2D eigenvalue weighted by molar-refractivity contribution is -0.143. The van der Waals surface area contributed by atoms with Crippen LogP contribution in [0.5, 0.6) is 0 Å². The SMILES string of the molecule is CCCCCCCCCCCCCCCCCCCCCCCC(O)C(CO)NC(=O)CCCCCCCCCCC/C=C\CCCCCCCCCCCCCCOC(=O)CCCCCCCCCCCCCCCC. The van der Waals surface area contributed by atoms with E-state index in [0.717, 1.165) is 38.5 Å². The molecule has 0 aromatic carbocycles. The van der Waals surface area contributed by atoms with Gasteiger partial charge in [0.15, 0.2) is 0 Å². The number of rotatable bonds is 67. The van der Waals surface area contributed by atoms with Crippen molar-refractivity contribution < 1.29 is 24.5 Å². The van der Waals surface area contributed by atoms with E-state index in [1.54, 1.807) is 0 Å². The van der Waals surface area contributed by atoms with Crippen LogP contribution in [0.3, 0.4) is 0 Å². The summed E-state index contributed by atoms with van der Waals surface area (Å²) in [4.78, 5) is 24.6. The fraction of sp³-hybridized carbons (Fsp3) is 0.944. The highest BCUT2D eigenvalue weighted by Gasteiger charge is 2.20. The van der Waals surface area contributed by atoms with Crippen molar-refractivity contribution >= 4 is 11.9 Å². The molecular weight excluding hydrogens is 947 g/mol. The second kappa shape index (κ2) is 67.1. The summed E-state index contributed by atoms with van der Waals surface area (Å²) in [6, 6.07) is -0.544. The Morgan fingerprint density at radius 1 is 0.351 bits per heavy atom. The van der Waals surface area contributed by atoms with E-state index in [-0.39, 0.29) is 18.5 Å². The van der Waals surface area contributed by atoms with E-state index in [2.05, 4.69) is 31.3 Å². The summed E-state index contributed by atoms with van der Waals surface area (Å²) in [6.45, 7) is 5.00. The van der Waals surface area contributed by atoms with E-state index in [1.165, 1.54) is 334 Å². The Morgan fingerprint density at radius 2 is 0.610 bits per heavy atom. The number of ether oxygens (including phenoxy) is 1. The van der Waals surface area contributed by atoms with Gasteiger partial charge in [-0.1, -0.05) is 353 Å². The Morgan fingerprint density at radius 3 is 0.922 bits per heavy atom. The number of nitrogens with one attached hydrogen (secondary N) is 1. The van der Waals surface area contributed by atoms with Gasteiger partial charge in [-0.3, -0.25) is 9.59 Å². The molecule has 0 fully saturated rings. The Labute approximate surface area is 482 Å². The molecule has 0 heterocycles. The first kappa shape index (κ1) is 75.6. The topological polar surface area (TPSA) is 95.9 Å². The van der Waals surface area contributed by atoms with E-state index in [0.29, 0.717) is 25.9 Å². The van der Waals surface area contributed by atoms with E-state index in [9.17, 15) is 19.8 Å². The van der Waals surface area contributed by atoms with Crippen LogP contribution < -0.4 is 5.32 Å². The number of allylic oxidation sites excluding steroid dienone is 2. The molecular formula is C71H139NO5. The van der Waals surface area contributed by atoms with Crippen molar-refractivity contribution in [3.05, 3.63) is 12.2 Å². The van der Waals surface area contributed by atoms with Gasteiger partial charge in [-0.25, -0.2) is 0 Å². The lowest BCUT2D eigenvalue weighted by Gasteiger charge is -2.22. The number of hydrogen-bond donors (Lipinski definition) is 3. The second-order valence-corrected chi connectivity index (χ2v) is 24.6. The first-order valence-corrected chi connectivity index (χ1v) is 35.4. The largest absolute Gasteiger partial charge is 0.466 e. The van der Waals surface area contributed by atoms with Crippen LogP contribution in [0.1, 0.15) is 406 Å². The minimum Gasteiger partial charge on any atom is -0.466 e. The van der Waals surface area contributed by atoms with Crippen molar-refractivity contribution in [3.8, 4) is 0 Å². The van der Waals surface area contributed by atoms with Gasteiger partial charge in [-0.05, 0) is 51.4 Å². The third-order valence-corrected chi connectivity index (χ3v) is 16.8. The molecule has 0 aliphatic carbocycles. The molecule has 0 aliphatic rings. The van der Waals surface area contributed by atoms with Gasteiger partial charge in [-0.15, -0.1) is 0 Å². The molecule has 3 N–H and O–H groups in total. The van der Waals surface area contributed by atoms with Gasteiger partial charge in [0.1, 0.15) is 0 Å². The molecule has 458 valence electrons. The van der Waals surface area contributed by atoms with Gasteiger partial charge in [0.05, 0.1) is 25.4 Å². The Balaban J connectivity index is 3.39. The summed E-state index contributed by atoms with van der Waals surface area (Å²) in [7, 11) is 0. The molecule has 0 aromatic heterocycles. The zero-order chi connectivity index (χ0) is 55.7. The van der Waals surface area contributed by atoms with Gasteiger partial charge in [0.2, 0.25) is 5.91 Å². The number of aliphatic hydroxyl groups excluding tert-OH is 2. The third kappa shape index (κ3) is 63.6. The van der Waals surface area contributed by atoms with Gasteiger partial charge < -0.3 is 20.3 Å². The molecule has 0 spiro atoms.